The van der Waals surface area contributed by atoms with E-state index in [0.29, 0.717) is 12.5 Å². The Balaban J connectivity index is 1.76. The quantitative estimate of drug-likeness (QED) is 0.802. The van der Waals surface area contributed by atoms with E-state index in [1.54, 1.807) is 0 Å². The first-order valence-corrected chi connectivity index (χ1v) is 7.30. The van der Waals surface area contributed by atoms with Gasteiger partial charge in [0, 0.05) is 57.6 Å². The van der Waals surface area contributed by atoms with Gasteiger partial charge in [0.25, 0.3) is 0 Å². The molecule has 1 aromatic heterocycles. The van der Waals surface area contributed by atoms with Crippen molar-refractivity contribution in [2.45, 2.75) is 26.3 Å². The number of carbonyl (C=O) groups excluding carboxylic acids is 1. The zero-order valence-corrected chi connectivity index (χ0v) is 12.5. The van der Waals surface area contributed by atoms with E-state index in [4.69, 9.17) is 5.73 Å². The number of nitrogens with zero attached hydrogens (tertiary/aromatic N) is 4. The Morgan fingerprint density at radius 1 is 1.25 bits per heavy atom. The van der Waals surface area contributed by atoms with Crippen LogP contribution in [0.4, 0.5) is 0 Å². The number of rotatable bonds is 6. The zero-order chi connectivity index (χ0) is 14.5. The molecule has 0 aromatic carbocycles. The van der Waals surface area contributed by atoms with E-state index in [1.165, 1.54) is 0 Å². The normalized spacial score (nSPS) is 17.8. The minimum absolute atomic E-state index is 0.238. The number of amides is 1. The second kappa shape index (κ2) is 6.85. The Hall–Kier alpha value is -1.40. The summed E-state index contributed by atoms with van der Waals surface area (Å²) in [5, 5.41) is 0. The van der Waals surface area contributed by atoms with Crippen molar-refractivity contribution in [1.82, 2.24) is 19.4 Å². The van der Waals surface area contributed by atoms with Crippen LogP contribution in [0.1, 0.15) is 25.6 Å². The first kappa shape index (κ1) is 15.0. The first-order chi connectivity index (χ1) is 9.56. The van der Waals surface area contributed by atoms with Gasteiger partial charge in [-0.2, -0.15) is 0 Å². The molecular weight excluding hydrogens is 254 g/mol. The van der Waals surface area contributed by atoms with Crippen LogP contribution < -0.4 is 5.73 Å². The summed E-state index contributed by atoms with van der Waals surface area (Å²) in [7, 11) is 0. The zero-order valence-electron chi connectivity index (χ0n) is 12.5. The number of piperazine rings is 1. The van der Waals surface area contributed by atoms with Gasteiger partial charge in [0.1, 0.15) is 5.82 Å². The van der Waals surface area contributed by atoms with E-state index in [0.717, 1.165) is 45.1 Å². The van der Waals surface area contributed by atoms with Crippen LogP contribution in [0, 0.1) is 0 Å². The number of hydrogen-bond donors (Lipinski definition) is 1. The summed E-state index contributed by atoms with van der Waals surface area (Å²) in [6.45, 7) is 10.6. The van der Waals surface area contributed by atoms with Crippen molar-refractivity contribution < 1.29 is 4.79 Å². The lowest BCUT2D eigenvalue weighted by molar-refractivity contribution is -0.119. The lowest BCUT2D eigenvalue weighted by atomic mass is 10.2. The molecule has 1 saturated heterocycles. The van der Waals surface area contributed by atoms with Crippen LogP contribution >= 0.6 is 0 Å². The SMILES string of the molecule is CC(C)c1nccn1CCN1CCN(CC(N)=O)CC1. The summed E-state index contributed by atoms with van der Waals surface area (Å²) < 4.78 is 2.24. The molecule has 6 heteroatoms. The third kappa shape index (κ3) is 4.05. The predicted molar refractivity (Wildman–Crippen MR) is 78.4 cm³/mol. The van der Waals surface area contributed by atoms with Crippen molar-refractivity contribution in [2.24, 2.45) is 5.73 Å². The highest BCUT2D eigenvalue weighted by Crippen LogP contribution is 2.12. The smallest absolute Gasteiger partial charge is 0.231 e. The largest absolute Gasteiger partial charge is 0.369 e. The molecule has 0 atom stereocenters. The highest BCUT2D eigenvalue weighted by atomic mass is 16.1. The Kier molecular flexibility index (Phi) is 5.14. The van der Waals surface area contributed by atoms with Gasteiger partial charge >= 0.3 is 0 Å². The van der Waals surface area contributed by atoms with Gasteiger partial charge in [-0.15, -0.1) is 0 Å². The predicted octanol–water partition coefficient (Wildman–Crippen LogP) is 0.109. The van der Waals surface area contributed by atoms with E-state index in [-0.39, 0.29) is 5.91 Å². The van der Waals surface area contributed by atoms with E-state index in [1.807, 2.05) is 6.20 Å². The maximum absolute atomic E-state index is 10.9. The van der Waals surface area contributed by atoms with E-state index in [9.17, 15) is 4.79 Å². The third-order valence-corrected chi connectivity index (χ3v) is 3.77. The van der Waals surface area contributed by atoms with Crippen molar-refractivity contribution in [3.63, 3.8) is 0 Å². The molecule has 1 fully saturated rings. The summed E-state index contributed by atoms with van der Waals surface area (Å²) in [5.41, 5.74) is 5.22. The van der Waals surface area contributed by atoms with Crippen molar-refractivity contribution in [2.75, 3.05) is 39.3 Å². The number of nitrogens with two attached hydrogens (primary N) is 1. The molecule has 2 rings (SSSR count). The average molecular weight is 279 g/mol. The minimum atomic E-state index is -0.238. The second-order valence-electron chi connectivity index (χ2n) is 5.72. The highest BCUT2D eigenvalue weighted by Gasteiger charge is 2.18. The fraction of sp³-hybridized carbons (Fsp3) is 0.714. The van der Waals surface area contributed by atoms with Gasteiger partial charge in [-0.3, -0.25) is 14.6 Å². The van der Waals surface area contributed by atoms with Crippen LogP contribution in [0.5, 0.6) is 0 Å². The molecule has 20 heavy (non-hydrogen) atoms. The van der Waals surface area contributed by atoms with Gasteiger partial charge < -0.3 is 10.3 Å². The number of aromatic nitrogens is 2. The van der Waals surface area contributed by atoms with Crippen molar-refractivity contribution >= 4 is 5.91 Å². The summed E-state index contributed by atoms with van der Waals surface area (Å²) in [6, 6.07) is 0. The Labute approximate surface area is 120 Å². The van der Waals surface area contributed by atoms with Crippen LogP contribution in [0.15, 0.2) is 12.4 Å². The molecule has 0 saturated carbocycles. The van der Waals surface area contributed by atoms with Crippen LogP contribution in [0.25, 0.3) is 0 Å². The van der Waals surface area contributed by atoms with Gasteiger partial charge in [-0.25, -0.2) is 4.98 Å². The molecule has 2 heterocycles. The Bertz CT molecular complexity index is 435. The van der Waals surface area contributed by atoms with E-state index >= 15 is 0 Å². The average Bonchev–Trinajstić information content (AvgIpc) is 2.86. The number of primary amides is 1. The van der Waals surface area contributed by atoms with Gasteiger partial charge in [0.05, 0.1) is 6.54 Å². The molecule has 1 aromatic rings. The van der Waals surface area contributed by atoms with Gasteiger partial charge in [0.2, 0.25) is 5.91 Å². The molecule has 0 bridgehead atoms. The highest BCUT2D eigenvalue weighted by molar-refractivity contribution is 5.75. The summed E-state index contributed by atoms with van der Waals surface area (Å²) in [5.74, 6) is 1.37. The van der Waals surface area contributed by atoms with Crippen molar-refractivity contribution in [3.05, 3.63) is 18.2 Å². The molecule has 0 radical (unpaired) electrons. The minimum Gasteiger partial charge on any atom is -0.369 e. The summed E-state index contributed by atoms with van der Waals surface area (Å²) in [4.78, 5) is 19.8. The summed E-state index contributed by atoms with van der Waals surface area (Å²) >= 11 is 0. The molecule has 2 N–H and O–H groups in total. The van der Waals surface area contributed by atoms with Crippen LogP contribution in [0.2, 0.25) is 0 Å². The lowest BCUT2D eigenvalue weighted by Gasteiger charge is -2.34. The lowest BCUT2D eigenvalue weighted by Crippen LogP contribution is -2.49. The Morgan fingerprint density at radius 3 is 2.50 bits per heavy atom. The maximum Gasteiger partial charge on any atom is 0.231 e. The molecule has 112 valence electrons. The van der Waals surface area contributed by atoms with Crippen LogP contribution in [0.3, 0.4) is 0 Å². The standard InChI is InChI=1S/C14H25N5O/c1-12(2)14-16-3-4-19(14)10-9-17-5-7-18(8-6-17)11-13(15)20/h3-4,12H,5-11H2,1-2H3,(H2,15,20). The topological polar surface area (TPSA) is 67.4 Å². The number of carbonyl (C=O) groups is 1. The second-order valence-corrected chi connectivity index (χ2v) is 5.72. The molecular formula is C14H25N5O. The fourth-order valence-electron chi connectivity index (χ4n) is 2.65. The van der Waals surface area contributed by atoms with Crippen molar-refractivity contribution in [1.29, 1.82) is 0 Å². The van der Waals surface area contributed by atoms with Gasteiger partial charge in [-0.1, -0.05) is 13.8 Å². The summed E-state index contributed by atoms with van der Waals surface area (Å²) in [6.07, 6.45) is 3.93. The third-order valence-electron chi connectivity index (χ3n) is 3.77. The van der Waals surface area contributed by atoms with E-state index in [2.05, 4.69) is 39.4 Å². The Morgan fingerprint density at radius 2 is 1.90 bits per heavy atom. The van der Waals surface area contributed by atoms with Crippen molar-refractivity contribution in [3.8, 4) is 0 Å². The molecule has 1 amide bonds. The fourth-order valence-corrected chi connectivity index (χ4v) is 2.65. The molecule has 0 spiro atoms. The molecule has 6 nitrogen and oxygen atoms in total. The number of hydrogen-bond acceptors (Lipinski definition) is 4. The van der Waals surface area contributed by atoms with Crippen LogP contribution in [-0.4, -0.2) is 64.5 Å². The molecule has 1 aliphatic rings. The number of imidazole rings is 1. The van der Waals surface area contributed by atoms with Crippen LogP contribution in [-0.2, 0) is 11.3 Å². The maximum atomic E-state index is 10.9. The molecule has 0 aliphatic carbocycles. The van der Waals surface area contributed by atoms with E-state index < -0.39 is 0 Å². The first-order valence-electron chi connectivity index (χ1n) is 7.30. The molecule has 0 unspecified atom stereocenters. The van der Waals surface area contributed by atoms with Gasteiger partial charge in [0.15, 0.2) is 0 Å². The molecule has 1 aliphatic heterocycles. The van der Waals surface area contributed by atoms with Gasteiger partial charge in [-0.05, 0) is 0 Å². The monoisotopic (exact) mass is 279 g/mol.